The predicted octanol–water partition coefficient (Wildman–Crippen LogP) is 2.27. The largest absolute Gasteiger partial charge is 0.325 e. The van der Waals surface area contributed by atoms with Crippen LogP contribution in [-0.2, 0) is 4.79 Å². The van der Waals surface area contributed by atoms with Gasteiger partial charge in [0, 0.05) is 6.04 Å². The number of hydrogen-bond donors (Lipinski definition) is 1. The van der Waals surface area contributed by atoms with Crippen molar-refractivity contribution in [2.75, 3.05) is 6.67 Å². The summed E-state index contributed by atoms with van der Waals surface area (Å²) >= 11 is 0. The zero-order valence-corrected chi connectivity index (χ0v) is 10.6. The lowest BCUT2D eigenvalue weighted by molar-refractivity contribution is -0.134. The summed E-state index contributed by atoms with van der Waals surface area (Å²) in [6.45, 7) is 5.16. The van der Waals surface area contributed by atoms with E-state index in [2.05, 4.69) is 24.1 Å². The van der Waals surface area contributed by atoms with Crippen LogP contribution in [0.2, 0.25) is 0 Å². The first-order chi connectivity index (χ1) is 7.73. The topological polar surface area (TPSA) is 32.3 Å². The van der Waals surface area contributed by atoms with E-state index in [1.54, 1.807) is 0 Å². The van der Waals surface area contributed by atoms with Crippen LogP contribution in [0.5, 0.6) is 0 Å². The standard InChI is InChI=1S/C13H24N2O/c1-3-7-11(4-2)15-10-14-13(12(15)16)8-5-6-9-13/h11,14H,3-10H2,1-2H3. The Morgan fingerprint density at radius 2 is 2.06 bits per heavy atom. The minimum atomic E-state index is -0.166. The number of nitrogens with one attached hydrogen (secondary N) is 1. The molecule has 1 N–H and O–H groups in total. The predicted molar refractivity (Wildman–Crippen MR) is 65.0 cm³/mol. The molecule has 1 saturated carbocycles. The highest BCUT2D eigenvalue weighted by Crippen LogP contribution is 2.35. The van der Waals surface area contributed by atoms with Crippen molar-refractivity contribution in [1.82, 2.24) is 10.2 Å². The average molecular weight is 224 g/mol. The van der Waals surface area contributed by atoms with E-state index >= 15 is 0 Å². The Balaban J connectivity index is 2.05. The molecule has 16 heavy (non-hydrogen) atoms. The van der Waals surface area contributed by atoms with Crippen molar-refractivity contribution in [1.29, 1.82) is 0 Å². The number of carbonyl (C=O) groups excluding carboxylic acids is 1. The second kappa shape index (κ2) is 4.74. The zero-order valence-electron chi connectivity index (χ0n) is 10.6. The molecule has 2 rings (SSSR count). The van der Waals surface area contributed by atoms with Gasteiger partial charge in [-0.3, -0.25) is 10.1 Å². The molecular weight excluding hydrogens is 200 g/mol. The van der Waals surface area contributed by atoms with E-state index in [0.717, 1.165) is 38.8 Å². The molecule has 1 saturated heterocycles. The molecule has 2 fully saturated rings. The zero-order chi connectivity index (χ0) is 11.6. The minimum Gasteiger partial charge on any atom is -0.325 e. The molecule has 92 valence electrons. The van der Waals surface area contributed by atoms with Gasteiger partial charge in [0.15, 0.2) is 0 Å². The van der Waals surface area contributed by atoms with Gasteiger partial charge in [-0.05, 0) is 25.7 Å². The third-order valence-electron chi connectivity index (χ3n) is 4.25. The maximum absolute atomic E-state index is 12.5. The quantitative estimate of drug-likeness (QED) is 0.794. The van der Waals surface area contributed by atoms with Gasteiger partial charge in [-0.25, -0.2) is 0 Å². The summed E-state index contributed by atoms with van der Waals surface area (Å²) in [5, 5.41) is 3.48. The molecule has 0 aromatic rings. The van der Waals surface area contributed by atoms with Crippen molar-refractivity contribution < 1.29 is 4.79 Å². The molecule has 3 nitrogen and oxygen atoms in total. The van der Waals surface area contributed by atoms with Gasteiger partial charge in [0.2, 0.25) is 5.91 Å². The molecule has 0 bridgehead atoms. The van der Waals surface area contributed by atoms with Crippen molar-refractivity contribution in [3.05, 3.63) is 0 Å². The first-order valence-electron chi connectivity index (χ1n) is 6.79. The Morgan fingerprint density at radius 1 is 1.38 bits per heavy atom. The van der Waals surface area contributed by atoms with Crippen LogP contribution >= 0.6 is 0 Å². The summed E-state index contributed by atoms with van der Waals surface area (Å²) in [4.78, 5) is 14.6. The molecule has 0 aromatic heterocycles. The monoisotopic (exact) mass is 224 g/mol. The highest BCUT2D eigenvalue weighted by atomic mass is 16.2. The second-order valence-electron chi connectivity index (χ2n) is 5.25. The van der Waals surface area contributed by atoms with Crippen LogP contribution in [-0.4, -0.2) is 29.1 Å². The van der Waals surface area contributed by atoms with Crippen LogP contribution in [0.3, 0.4) is 0 Å². The number of nitrogens with zero attached hydrogens (tertiary/aromatic N) is 1. The average Bonchev–Trinajstić information content (AvgIpc) is 2.88. The molecule has 0 radical (unpaired) electrons. The Kier molecular flexibility index (Phi) is 3.53. The van der Waals surface area contributed by atoms with Gasteiger partial charge in [-0.2, -0.15) is 0 Å². The lowest BCUT2D eigenvalue weighted by atomic mass is 9.97. The SMILES string of the molecule is CCCC(CC)N1CNC2(CCCC2)C1=O. The normalized spacial score (nSPS) is 25.6. The van der Waals surface area contributed by atoms with Gasteiger partial charge in [0.1, 0.15) is 0 Å². The number of hydrogen-bond acceptors (Lipinski definition) is 2. The number of amides is 1. The van der Waals surface area contributed by atoms with E-state index in [1.807, 2.05) is 0 Å². The first-order valence-corrected chi connectivity index (χ1v) is 6.79. The van der Waals surface area contributed by atoms with E-state index in [-0.39, 0.29) is 5.54 Å². The van der Waals surface area contributed by atoms with Crippen molar-refractivity contribution in [3.8, 4) is 0 Å². The molecule has 1 aliphatic heterocycles. The van der Waals surface area contributed by atoms with E-state index in [0.29, 0.717) is 11.9 Å². The Morgan fingerprint density at radius 3 is 2.62 bits per heavy atom. The van der Waals surface area contributed by atoms with Crippen molar-refractivity contribution in [2.45, 2.75) is 70.4 Å². The third kappa shape index (κ3) is 1.86. The molecule has 1 aliphatic carbocycles. The van der Waals surface area contributed by atoms with Crippen LogP contribution < -0.4 is 5.32 Å². The molecule has 1 unspecified atom stereocenters. The van der Waals surface area contributed by atoms with Crippen molar-refractivity contribution >= 4 is 5.91 Å². The molecule has 1 heterocycles. The molecular formula is C13H24N2O. The fourth-order valence-electron chi connectivity index (χ4n) is 3.24. The summed E-state index contributed by atoms with van der Waals surface area (Å²) in [7, 11) is 0. The van der Waals surface area contributed by atoms with Crippen LogP contribution in [0.15, 0.2) is 0 Å². The summed E-state index contributed by atoms with van der Waals surface area (Å²) < 4.78 is 0. The third-order valence-corrected chi connectivity index (χ3v) is 4.25. The number of carbonyl (C=O) groups is 1. The van der Waals surface area contributed by atoms with Gasteiger partial charge in [0.25, 0.3) is 0 Å². The Hall–Kier alpha value is -0.570. The molecule has 0 aromatic carbocycles. The Labute approximate surface area is 98.6 Å². The van der Waals surface area contributed by atoms with E-state index in [4.69, 9.17) is 0 Å². The lowest BCUT2D eigenvalue weighted by Crippen LogP contribution is -2.45. The second-order valence-corrected chi connectivity index (χ2v) is 5.25. The fraction of sp³-hybridized carbons (Fsp3) is 0.923. The van der Waals surface area contributed by atoms with Gasteiger partial charge in [-0.15, -0.1) is 0 Å². The van der Waals surface area contributed by atoms with Crippen LogP contribution in [0.25, 0.3) is 0 Å². The molecule has 1 spiro atoms. The highest BCUT2D eigenvalue weighted by Gasteiger charge is 2.49. The minimum absolute atomic E-state index is 0.166. The van der Waals surface area contributed by atoms with Crippen molar-refractivity contribution in [2.24, 2.45) is 0 Å². The van der Waals surface area contributed by atoms with Crippen LogP contribution in [0.1, 0.15) is 58.8 Å². The summed E-state index contributed by atoms with van der Waals surface area (Å²) in [5.41, 5.74) is -0.166. The summed E-state index contributed by atoms with van der Waals surface area (Å²) in [5.74, 6) is 0.380. The van der Waals surface area contributed by atoms with Gasteiger partial charge < -0.3 is 4.90 Å². The van der Waals surface area contributed by atoms with E-state index in [9.17, 15) is 4.79 Å². The fourth-order valence-corrected chi connectivity index (χ4v) is 3.24. The van der Waals surface area contributed by atoms with Crippen LogP contribution in [0, 0.1) is 0 Å². The molecule has 2 aliphatic rings. The van der Waals surface area contributed by atoms with E-state index < -0.39 is 0 Å². The van der Waals surface area contributed by atoms with Gasteiger partial charge >= 0.3 is 0 Å². The summed E-state index contributed by atoms with van der Waals surface area (Å²) in [6.07, 6.45) is 7.89. The number of rotatable bonds is 4. The molecule has 1 atom stereocenters. The smallest absolute Gasteiger partial charge is 0.244 e. The van der Waals surface area contributed by atoms with Gasteiger partial charge in [0.05, 0.1) is 12.2 Å². The highest BCUT2D eigenvalue weighted by molar-refractivity contribution is 5.88. The first kappa shape index (κ1) is 11.9. The molecule has 1 amide bonds. The Bertz CT molecular complexity index is 259. The van der Waals surface area contributed by atoms with Crippen LogP contribution in [0.4, 0.5) is 0 Å². The van der Waals surface area contributed by atoms with Crippen molar-refractivity contribution in [3.63, 3.8) is 0 Å². The summed E-state index contributed by atoms with van der Waals surface area (Å²) in [6, 6.07) is 0.449. The maximum Gasteiger partial charge on any atom is 0.244 e. The molecule has 3 heteroatoms. The lowest BCUT2D eigenvalue weighted by Gasteiger charge is -2.28. The maximum atomic E-state index is 12.5. The van der Waals surface area contributed by atoms with Gasteiger partial charge in [-0.1, -0.05) is 33.1 Å². The van der Waals surface area contributed by atoms with E-state index in [1.165, 1.54) is 12.8 Å².